The van der Waals surface area contributed by atoms with Crippen molar-refractivity contribution in [3.63, 3.8) is 0 Å². The number of amides is 1. The molecule has 0 atom stereocenters. The predicted molar refractivity (Wildman–Crippen MR) is 83.6 cm³/mol. The van der Waals surface area contributed by atoms with E-state index in [4.69, 9.17) is 0 Å². The summed E-state index contributed by atoms with van der Waals surface area (Å²) in [5, 5.41) is 6.19. The molecule has 1 amide bonds. The highest BCUT2D eigenvalue weighted by Crippen LogP contribution is 2.18. The summed E-state index contributed by atoms with van der Waals surface area (Å²) in [6.45, 7) is 8.68. The third-order valence-corrected chi connectivity index (χ3v) is 3.89. The Bertz CT molecular complexity index is 540. The Balaban J connectivity index is 2.04. The summed E-state index contributed by atoms with van der Waals surface area (Å²) in [7, 11) is 0. The molecule has 0 aromatic heterocycles. The first kappa shape index (κ1) is 15.7. The van der Waals surface area contributed by atoms with Crippen LogP contribution in [0.5, 0.6) is 0 Å². The Morgan fingerprint density at radius 1 is 1.33 bits per heavy atom. The van der Waals surface area contributed by atoms with Gasteiger partial charge >= 0.3 is 0 Å². The van der Waals surface area contributed by atoms with Crippen molar-refractivity contribution in [2.45, 2.75) is 26.3 Å². The zero-order valence-corrected chi connectivity index (χ0v) is 12.9. The predicted octanol–water partition coefficient (Wildman–Crippen LogP) is 1.51. The third kappa shape index (κ3) is 3.89. The largest absolute Gasteiger partial charge is 0.324 e. The van der Waals surface area contributed by atoms with E-state index in [0.29, 0.717) is 17.8 Å². The van der Waals surface area contributed by atoms with Gasteiger partial charge in [0.2, 0.25) is 5.91 Å². The molecule has 1 fully saturated rings. The standard InChI is InChI=1S/C16H23N3O2/c1-12(20)13-6-4-5-7-14(13)18-15(21)10-19-9-8-17-11-16(19,2)3/h4-7,17H,8-11H2,1-3H3,(H,18,21). The molecule has 5 nitrogen and oxygen atoms in total. The van der Waals surface area contributed by atoms with Crippen molar-refractivity contribution in [3.05, 3.63) is 29.8 Å². The summed E-state index contributed by atoms with van der Waals surface area (Å²) in [6.07, 6.45) is 0. The number of hydrogen-bond acceptors (Lipinski definition) is 4. The van der Waals surface area contributed by atoms with Crippen LogP contribution < -0.4 is 10.6 Å². The van der Waals surface area contributed by atoms with Crippen molar-refractivity contribution in [1.29, 1.82) is 0 Å². The lowest BCUT2D eigenvalue weighted by Gasteiger charge is -2.42. The van der Waals surface area contributed by atoms with Crippen molar-refractivity contribution < 1.29 is 9.59 Å². The van der Waals surface area contributed by atoms with Gasteiger partial charge in [0.15, 0.2) is 5.78 Å². The number of Topliss-reactive ketones (excluding diaryl/α,β-unsaturated/α-hetero) is 1. The van der Waals surface area contributed by atoms with Crippen LogP contribution in [0.1, 0.15) is 31.1 Å². The molecule has 0 saturated carbocycles. The van der Waals surface area contributed by atoms with Crippen LogP contribution in [-0.4, -0.2) is 48.3 Å². The molecule has 1 aromatic carbocycles. The number of nitrogens with zero attached hydrogens (tertiary/aromatic N) is 1. The van der Waals surface area contributed by atoms with E-state index in [9.17, 15) is 9.59 Å². The second-order valence-corrected chi connectivity index (χ2v) is 6.06. The monoisotopic (exact) mass is 289 g/mol. The fourth-order valence-corrected chi connectivity index (χ4v) is 2.58. The lowest BCUT2D eigenvalue weighted by atomic mass is 10.0. The smallest absolute Gasteiger partial charge is 0.238 e. The van der Waals surface area contributed by atoms with E-state index in [1.807, 2.05) is 6.07 Å². The zero-order chi connectivity index (χ0) is 15.5. The Morgan fingerprint density at radius 3 is 2.71 bits per heavy atom. The maximum atomic E-state index is 12.3. The summed E-state index contributed by atoms with van der Waals surface area (Å²) in [5.74, 6) is -0.132. The van der Waals surface area contributed by atoms with Crippen LogP contribution >= 0.6 is 0 Å². The van der Waals surface area contributed by atoms with E-state index in [2.05, 4.69) is 29.4 Å². The molecule has 0 aliphatic carbocycles. The van der Waals surface area contributed by atoms with Gasteiger partial charge in [-0.1, -0.05) is 12.1 Å². The molecule has 2 N–H and O–H groups in total. The molecule has 0 bridgehead atoms. The Hall–Kier alpha value is -1.72. The summed E-state index contributed by atoms with van der Waals surface area (Å²) in [4.78, 5) is 26.0. The van der Waals surface area contributed by atoms with Gasteiger partial charge in [-0.05, 0) is 32.9 Å². The molecule has 1 heterocycles. The Kier molecular flexibility index (Phi) is 4.75. The van der Waals surface area contributed by atoms with E-state index >= 15 is 0 Å². The van der Waals surface area contributed by atoms with Crippen LogP contribution in [0.4, 0.5) is 5.69 Å². The van der Waals surface area contributed by atoms with Gasteiger partial charge in [0.1, 0.15) is 0 Å². The van der Waals surface area contributed by atoms with Gasteiger partial charge in [-0.15, -0.1) is 0 Å². The quantitative estimate of drug-likeness (QED) is 0.825. The summed E-state index contributed by atoms with van der Waals surface area (Å²) in [5.41, 5.74) is 1.09. The van der Waals surface area contributed by atoms with Crippen LogP contribution in [0.2, 0.25) is 0 Å². The van der Waals surface area contributed by atoms with Gasteiger partial charge in [0.25, 0.3) is 0 Å². The minimum absolute atomic E-state index is 0.0459. The first-order chi connectivity index (χ1) is 9.90. The summed E-state index contributed by atoms with van der Waals surface area (Å²) in [6, 6.07) is 7.10. The SMILES string of the molecule is CC(=O)c1ccccc1NC(=O)CN1CCNCC1(C)C. The fourth-order valence-electron chi connectivity index (χ4n) is 2.58. The lowest BCUT2D eigenvalue weighted by Crippen LogP contribution is -2.59. The van der Waals surface area contributed by atoms with Crippen molar-refractivity contribution in [2.24, 2.45) is 0 Å². The Morgan fingerprint density at radius 2 is 2.05 bits per heavy atom. The van der Waals surface area contributed by atoms with Gasteiger partial charge in [0.05, 0.1) is 12.2 Å². The molecule has 1 saturated heterocycles. The van der Waals surface area contributed by atoms with Crippen LogP contribution in [-0.2, 0) is 4.79 Å². The molecule has 0 radical (unpaired) electrons. The summed E-state index contributed by atoms with van der Waals surface area (Å²) >= 11 is 0. The highest BCUT2D eigenvalue weighted by molar-refractivity contribution is 6.04. The van der Waals surface area contributed by atoms with Gasteiger partial charge in [0, 0.05) is 30.7 Å². The maximum absolute atomic E-state index is 12.3. The molecular formula is C16H23N3O2. The number of ketones is 1. The molecular weight excluding hydrogens is 266 g/mol. The average molecular weight is 289 g/mol. The number of carbonyl (C=O) groups excluding carboxylic acids is 2. The summed E-state index contributed by atoms with van der Waals surface area (Å²) < 4.78 is 0. The van der Waals surface area contributed by atoms with Crippen molar-refractivity contribution in [2.75, 3.05) is 31.5 Å². The molecule has 1 aliphatic heterocycles. The second kappa shape index (κ2) is 6.37. The van der Waals surface area contributed by atoms with Gasteiger partial charge in [-0.25, -0.2) is 0 Å². The normalized spacial score (nSPS) is 18.2. The molecule has 0 unspecified atom stereocenters. The molecule has 0 spiro atoms. The molecule has 21 heavy (non-hydrogen) atoms. The molecule has 114 valence electrons. The van der Waals surface area contributed by atoms with Crippen molar-refractivity contribution in [1.82, 2.24) is 10.2 Å². The highest BCUT2D eigenvalue weighted by atomic mass is 16.2. The van der Waals surface area contributed by atoms with E-state index in [-0.39, 0.29) is 17.2 Å². The van der Waals surface area contributed by atoms with Crippen LogP contribution in [0.3, 0.4) is 0 Å². The topological polar surface area (TPSA) is 61.4 Å². The van der Waals surface area contributed by atoms with E-state index in [1.165, 1.54) is 6.92 Å². The van der Waals surface area contributed by atoms with Crippen LogP contribution in [0, 0.1) is 0 Å². The third-order valence-electron chi connectivity index (χ3n) is 3.89. The zero-order valence-electron chi connectivity index (χ0n) is 12.9. The first-order valence-electron chi connectivity index (χ1n) is 7.26. The van der Waals surface area contributed by atoms with Gasteiger partial charge in [-0.3, -0.25) is 14.5 Å². The minimum Gasteiger partial charge on any atom is -0.324 e. The van der Waals surface area contributed by atoms with Gasteiger partial charge in [-0.2, -0.15) is 0 Å². The lowest BCUT2D eigenvalue weighted by molar-refractivity contribution is -0.119. The van der Waals surface area contributed by atoms with Crippen LogP contribution in [0.15, 0.2) is 24.3 Å². The van der Waals surface area contributed by atoms with Crippen molar-refractivity contribution in [3.8, 4) is 0 Å². The van der Waals surface area contributed by atoms with E-state index in [0.717, 1.165) is 19.6 Å². The fraction of sp³-hybridized carbons (Fsp3) is 0.500. The van der Waals surface area contributed by atoms with Crippen molar-refractivity contribution >= 4 is 17.4 Å². The maximum Gasteiger partial charge on any atom is 0.238 e. The molecule has 1 aliphatic rings. The highest BCUT2D eigenvalue weighted by Gasteiger charge is 2.30. The number of benzene rings is 1. The number of nitrogens with one attached hydrogen (secondary N) is 2. The number of carbonyl (C=O) groups is 2. The number of rotatable bonds is 4. The first-order valence-corrected chi connectivity index (χ1v) is 7.26. The molecule has 2 rings (SSSR count). The number of hydrogen-bond donors (Lipinski definition) is 2. The average Bonchev–Trinajstić information content (AvgIpc) is 2.41. The van der Waals surface area contributed by atoms with Gasteiger partial charge < -0.3 is 10.6 Å². The van der Waals surface area contributed by atoms with E-state index < -0.39 is 0 Å². The second-order valence-electron chi connectivity index (χ2n) is 6.06. The van der Waals surface area contributed by atoms with Crippen LogP contribution in [0.25, 0.3) is 0 Å². The molecule has 5 heteroatoms. The number of para-hydroxylation sites is 1. The number of piperazine rings is 1. The van der Waals surface area contributed by atoms with E-state index in [1.54, 1.807) is 18.2 Å². The number of anilines is 1. The Labute approximate surface area is 125 Å². The molecule has 1 aromatic rings. The minimum atomic E-state index is -0.0846.